The summed E-state index contributed by atoms with van der Waals surface area (Å²) in [6.45, 7) is 2.92. The average Bonchev–Trinajstić information content (AvgIpc) is 2.85. The van der Waals surface area contributed by atoms with E-state index in [1.54, 1.807) is 0 Å². The van der Waals surface area contributed by atoms with Gasteiger partial charge in [-0.25, -0.2) is 0 Å². The van der Waals surface area contributed by atoms with Gasteiger partial charge < -0.3 is 20.1 Å². The summed E-state index contributed by atoms with van der Waals surface area (Å²) in [6, 6.07) is 7.54. The predicted molar refractivity (Wildman–Crippen MR) is 74.8 cm³/mol. The zero-order valence-electron chi connectivity index (χ0n) is 10.5. The van der Waals surface area contributed by atoms with Gasteiger partial charge in [-0.2, -0.15) is 5.10 Å². The molecule has 0 aliphatic heterocycles. The van der Waals surface area contributed by atoms with Crippen LogP contribution in [0.2, 0.25) is 0 Å². The Labute approximate surface area is 115 Å². The van der Waals surface area contributed by atoms with Crippen molar-refractivity contribution in [3.8, 4) is 5.75 Å². The highest BCUT2D eigenvalue weighted by molar-refractivity contribution is 7.71. The number of nitrogens with one attached hydrogen (secondary N) is 3. The molecule has 0 aliphatic carbocycles. The molecule has 1 unspecified atom stereocenters. The Morgan fingerprint density at radius 3 is 2.74 bits per heavy atom. The number of hydrogen-bond donors (Lipinski definition) is 4. The fraction of sp³-hybridized carbons (Fsp3) is 0.333. The van der Waals surface area contributed by atoms with Gasteiger partial charge in [0.1, 0.15) is 11.9 Å². The lowest BCUT2D eigenvalue weighted by Gasteiger charge is -2.11. The molecule has 0 bridgehead atoms. The molecular formula is C12H16N4O2S. The van der Waals surface area contributed by atoms with Gasteiger partial charge in [0, 0.05) is 12.2 Å². The molecule has 19 heavy (non-hydrogen) atoms. The third kappa shape index (κ3) is 3.80. The minimum absolute atomic E-state index is 0.337. The summed E-state index contributed by atoms with van der Waals surface area (Å²) in [5.74, 6) is 1.24. The van der Waals surface area contributed by atoms with Crippen LogP contribution in [0.25, 0.3) is 0 Å². The van der Waals surface area contributed by atoms with Crippen LogP contribution in [0.3, 0.4) is 0 Å². The second-order valence-corrected chi connectivity index (χ2v) is 4.33. The topological polar surface area (TPSA) is 86.0 Å². The number of aliphatic hydroxyl groups is 1. The first kappa shape index (κ1) is 13.6. The van der Waals surface area contributed by atoms with Crippen LogP contribution >= 0.6 is 12.2 Å². The van der Waals surface area contributed by atoms with E-state index in [1.807, 2.05) is 31.2 Å². The summed E-state index contributed by atoms with van der Waals surface area (Å²) in [5, 5.41) is 19.4. The van der Waals surface area contributed by atoms with E-state index in [0.29, 0.717) is 23.7 Å². The summed E-state index contributed by atoms with van der Waals surface area (Å²) in [7, 11) is 0. The lowest BCUT2D eigenvalue weighted by molar-refractivity contribution is 0.182. The number of aromatic nitrogens is 3. The van der Waals surface area contributed by atoms with Crippen molar-refractivity contribution < 1.29 is 9.84 Å². The Bertz CT molecular complexity index is 564. The van der Waals surface area contributed by atoms with Crippen molar-refractivity contribution in [3.05, 3.63) is 34.9 Å². The molecule has 1 aromatic heterocycles. The van der Waals surface area contributed by atoms with Gasteiger partial charge in [-0.3, -0.25) is 5.10 Å². The van der Waals surface area contributed by atoms with E-state index >= 15 is 0 Å². The van der Waals surface area contributed by atoms with Crippen LogP contribution in [-0.4, -0.2) is 33.4 Å². The van der Waals surface area contributed by atoms with Crippen LogP contribution in [0.15, 0.2) is 24.3 Å². The molecule has 1 aromatic carbocycles. The molecule has 0 spiro atoms. The average molecular weight is 280 g/mol. The Morgan fingerprint density at radius 1 is 1.42 bits per heavy atom. The molecule has 1 atom stereocenters. The van der Waals surface area contributed by atoms with E-state index in [2.05, 4.69) is 20.5 Å². The minimum Gasteiger partial charge on any atom is -0.494 e. The molecule has 4 N–H and O–H groups in total. The number of H-pyrrole nitrogens is 2. The van der Waals surface area contributed by atoms with Crippen LogP contribution in [0.1, 0.15) is 18.9 Å². The lowest BCUT2D eigenvalue weighted by atomic mass is 10.2. The van der Waals surface area contributed by atoms with Gasteiger partial charge in [-0.15, -0.1) is 0 Å². The van der Waals surface area contributed by atoms with Crippen LogP contribution in [0, 0.1) is 4.77 Å². The molecule has 0 saturated heterocycles. The van der Waals surface area contributed by atoms with Crippen LogP contribution in [0.5, 0.6) is 5.75 Å². The Balaban J connectivity index is 1.89. The van der Waals surface area contributed by atoms with Crippen molar-refractivity contribution in [1.82, 2.24) is 15.2 Å². The van der Waals surface area contributed by atoms with Gasteiger partial charge in [0.05, 0.1) is 6.61 Å². The molecule has 102 valence electrons. The summed E-state index contributed by atoms with van der Waals surface area (Å²) in [6.07, 6.45) is -0.750. The highest BCUT2D eigenvalue weighted by Crippen LogP contribution is 2.16. The first-order chi connectivity index (χ1) is 9.19. The maximum atomic E-state index is 9.89. The normalized spacial score (nSPS) is 12.1. The molecule has 0 fully saturated rings. The lowest BCUT2D eigenvalue weighted by Crippen LogP contribution is -2.13. The highest BCUT2D eigenvalue weighted by Gasteiger charge is 2.10. The van der Waals surface area contributed by atoms with Gasteiger partial charge in [-0.1, -0.05) is 0 Å². The number of rotatable bonds is 6. The van der Waals surface area contributed by atoms with Gasteiger partial charge >= 0.3 is 0 Å². The third-order valence-corrected chi connectivity index (χ3v) is 2.69. The molecule has 0 amide bonds. The zero-order valence-corrected chi connectivity index (χ0v) is 11.3. The fourth-order valence-electron chi connectivity index (χ4n) is 1.59. The Hall–Kier alpha value is -1.86. The number of ether oxygens (including phenoxy) is 1. The van der Waals surface area contributed by atoms with Gasteiger partial charge in [0.25, 0.3) is 0 Å². The summed E-state index contributed by atoms with van der Waals surface area (Å²) in [5.41, 5.74) is 0.900. The van der Waals surface area contributed by atoms with E-state index in [-0.39, 0.29) is 0 Å². The SMILES string of the molecule is CCOc1ccc(NCC(O)c2n[nH]c(=S)[nH]2)cc1. The second kappa shape index (κ2) is 6.35. The predicted octanol–water partition coefficient (Wildman–Crippen LogP) is 2.01. The van der Waals surface area contributed by atoms with E-state index in [9.17, 15) is 5.11 Å². The molecule has 0 saturated carbocycles. The van der Waals surface area contributed by atoms with Gasteiger partial charge in [0.15, 0.2) is 10.6 Å². The number of aliphatic hydroxyl groups excluding tert-OH is 1. The molecule has 2 aromatic rings. The number of nitrogens with zero attached hydrogens (tertiary/aromatic N) is 1. The van der Waals surface area contributed by atoms with Crippen molar-refractivity contribution in [2.75, 3.05) is 18.5 Å². The van der Waals surface area contributed by atoms with E-state index in [0.717, 1.165) is 11.4 Å². The van der Waals surface area contributed by atoms with Crippen molar-refractivity contribution in [1.29, 1.82) is 0 Å². The van der Waals surface area contributed by atoms with Crippen LogP contribution < -0.4 is 10.1 Å². The quantitative estimate of drug-likeness (QED) is 0.608. The minimum atomic E-state index is -0.750. The van der Waals surface area contributed by atoms with Gasteiger partial charge in [-0.05, 0) is 43.4 Å². The monoisotopic (exact) mass is 280 g/mol. The molecule has 2 rings (SSSR count). The molecule has 1 heterocycles. The van der Waals surface area contributed by atoms with E-state index < -0.39 is 6.10 Å². The van der Waals surface area contributed by atoms with E-state index in [1.165, 1.54) is 0 Å². The molecule has 7 heteroatoms. The molecular weight excluding hydrogens is 264 g/mol. The third-order valence-electron chi connectivity index (χ3n) is 2.50. The fourth-order valence-corrected chi connectivity index (χ4v) is 1.74. The summed E-state index contributed by atoms with van der Waals surface area (Å²) >= 11 is 4.85. The number of anilines is 1. The number of aromatic amines is 2. The zero-order chi connectivity index (χ0) is 13.7. The van der Waals surface area contributed by atoms with Crippen molar-refractivity contribution in [3.63, 3.8) is 0 Å². The Kier molecular flexibility index (Phi) is 4.53. The van der Waals surface area contributed by atoms with Crippen molar-refractivity contribution >= 4 is 17.9 Å². The summed E-state index contributed by atoms with van der Waals surface area (Å²) in [4.78, 5) is 2.78. The molecule has 6 nitrogen and oxygen atoms in total. The Morgan fingerprint density at radius 2 is 2.16 bits per heavy atom. The van der Waals surface area contributed by atoms with Crippen molar-refractivity contribution in [2.24, 2.45) is 0 Å². The number of hydrogen-bond acceptors (Lipinski definition) is 5. The van der Waals surface area contributed by atoms with Crippen LogP contribution in [-0.2, 0) is 0 Å². The first-order valence-corrected chi connectivity index (χ1v) is 6.39. The second-order valence-electron chi connectivity index (χ2n) is 3.92. The first-order valence-electron chi connectivity index (χ1n) is 5.98. The smallest absolute Gasteiger partial charge is 0.192 e. The highest BCUT2D eigenvalue weighted by atomic mass is 32.1. The maximum absolute atomic E-state index is 9.89. The molecule has 0 aliphatic rings. The largest absolute Gasteiger partial charge is 0.494 e. The molecule has 0 radical (unpaired) electrons. The van der Waals surface area contributed by atoms with Crippen molar-refractivity contribution in [2.45, 2.75) is 13.0 Å². The van der Waals surface area contributed by atoms with Crippen LogP contribution in [0.4, 0.5) is 5.69 Å². The number of benzene rings is 1. The van der Waals surface area contributed by atoms with E-state index in [4.69, 9.17) is 17.0 Å². The standard InChI is InChI=1S/C12H16N4O2S/c1-2-18-9-5-3-8(4-6-9)13-7-10(17)11-14-12(19)16-15-11/h3-6,10,13,17H,2,7H2,1H3,(H2,14,15,16,19). The van der Waals surface area contributed by atoms with Gasteiger partial charge in [0.2, 0.25) is 0 Å². The maximum Gasteiger partial charge on any atom is 0.192 e. The summed E-state index contributed by atoms with van der Waals surface area (Å²) < 4.78 is 5.75.